The molecule has 2 rings (SSSR count). The van der Waals surface area contributed by atoms with Crippen molar-refractivity contribution in [2.24, 2.45) is 17.6 Å². The molecule has 1 aliphatic heterocycles. The van der Waals surface area contributed by atoms with Crippen LogP contribution in [0.4, 0.5) is 4.39 Å². The fraction of sp³-hybridized carbons (Fsp3) is 0.533. The van der Waals surface area contributed by atoms with E-state index >= 15 is 0 Å². The van der Waals surface area contributed by atoms with Gasteiger partial charge in [0.1, 0.15) is 10.8 Å². The van der Waals surface area contributed by atoms with Crippen molar-refractivity contribution >= 4 is 17.2 Å². The monoisotopic (exact) mass is 280 g/mol. The summed E-state index contributed by atoms with van der Waals surface area (Å²) in [4.78, 5) is 2.70. The van der Waals surface area contributed by atoms with Crippen LogP contribution in [0.1, 0.15) is 31.4 Å². The summed E-state index contributed by atoms with van der Waals surface area (Å²) in [6, 6.07) is 4.65. The predicted molar refractivity (Wildman–Crippen MR) is 80.5 cm³/mol. The molecular formula is C15H21FN2S. The van der Waals surface area contributed by atoms with Crippen molar-refractivity contribution < 1.29 is 4.39 Å². The van der Waals surface area contributed by atoms with Gasteiger partial charge in [0, 0.05) is 18.7 Å². The summed E-state index contributed by atoms with van der Waals surface area (Å²) >= 11 is 5.04. The molecule has 2 unspecified atom stereocenters. The van der Waals surface area contributed by atoms with Gasteiger partial charge in [-0.15, -0.1) is 0 Å². The van der Waals surface area contributed by atoms with Crippen LogP contribution in [0.3, 0.4) is 0 Å². The number of benzene rings is 1. The molecule has 0 aromatic heterocycles. The van der Waals surface area contributed by atoms with Crippen LogP contribution < -0.4 is 5.73 Å². The lowest BCUT2D eigenvalue weighted by Gasteiger charge is -2.35. The number of thiocarbonyl (C=S) groups is 1. The Kier molecular flexibility index (Phi) is 4.53. The number of nitrogens with two attached hydrogens (primary N) is 1. The van der Waals surface area contributed by atoms with Crippen molar-refractivity contribution in [2.45, 2.75) is 26.8 Å². The van der Waals surface area contributed by atoms with E-state index in [-0.39, 0.29) is 5.82 Å². The molecule has 1 aliphatic rings. The molecule has 2 atom stereocenters. The minimum absolute atomic E-state index is 0.228. The van der Waals surface area contributed by atoms with E-state index in [9.17, 15) is 4.39 Å². The van der Waals surface area contributed by atoms with Crippen LogP contribution in [0.15, 0.2) is 18.2 Å². The highest BCUT2D eigenvalue weighted by Crippen LogP contribution is 2.24. The lowest BCUT2D eigenvalue weighted by atomic mass is 9.88. The van der Waals surface area contributed by atoms with Crippen LogP contribution in [0.25, 0.3) is 0 Å². The standard InChI is InChI=1S/C15H21FN2S/c1-10-5-6-18(8-11(10)2)9-12-7-13(16)3-4-14(12)15(17)19/h3-4,7,10-11H,5-6,8-9H2,1-2H3,(H2,17,19). The third kappa shape index (κ3) is 3.51. The third-order valence-electron chi connectivity index (χ3n) is 4.14. The number of likely N-dealkylation sites (tertiary alicyclic amines) is 1. The van der Waals surface area contributed by atoms with Crippen molar-refractivity contribution in [3.8, 4) is 0 Å². The number of rotatable bonds is 3. The topological polar surface area (TPSA) is 29.3 Å². The van der Waals surface area contributed by atoms with E-state index in [1.807, 2.05) is 0 Å². The van der Waals surface area contributed by atoms with Crippen LogP contribution in [0.5, 0.6) is 0 Å². The Morgan fingerprint density at radius 1 is 1.42 bits per heavy atom. The second-order valence-corrected chi connectivity index (χ2v) is 6.08. The highest BCUT2D eigenvalue weighted by Gasteiger charge is 2.23. The zero-order valence-corrected chi connectivity index (χ0v) is 12.3. The Labute approximate surface area is 119 Å². The van der Waals surface area contributed by atoms with Crippen LogP contribution in [-0.2, 0) is 6.54 Å². The van der Waals surface area contributed by atoms with Gasteiger partial charge in [0.15, 0.2) is 0 Å². The summed E-state index contributed by atoms with van der Waals surface area (Å²) < 4.78 is 13.4. The van der Waals surface area contributed by atoms with E-state index in [2.05, 4.69) is 18.7 Å². The van der Waals surface area contributed by atoms with E-state index < -0.39 is 0 Å². The van der Waals surface area contributed by atoms with E-state index in [1.54, 1.807) is 12.1 Å². The van der Waals surface area contributed by atoms with Crippen molar-refractivity contribution in [1.82, 2.24) is 4.90 Å². The Morgan fingerprint density at radius 2 is 2.16 bits per heavy atom. The van der Waals surface area contributed by atoms with E-state index in [1.165, 1.54) is 12.5 Å². The molecule has 0 radical (unpaired) electrons. The van der Waals surface area contributed by atoms with Crippen LogP contribution in [-0.4, -0.2) is 23.0 Å². The quantitative estimate of drug-likeness (QED) is 0.863. The number of hydrogen-bond acceptors (Lipinski definition) is 2. The first-order valence-electron chi connectivity index (χ1n) is 6.78. The van der Waals surface area contributed by atoms with Crippen LogP contribution >= 0.6 is 12.2 Å². The van der Waals surface area contributed by atoms with E-state index in [0.717, 1.165) is 36.7 Å². The van der Waals surface area contributed by atoms with Gasteiger partial charge in [0.2, 0.25) is 0 Å². The zero-order valence-electron chi connectivity index (χ0n) is 11.5. The Balaban J connectivity index is 2.14. The summed E-state index contributed by atoms with van der Waals surface area (Å²) in [6.45, 7) is 7.40. The highest BCUT2D eigenvalue weighted by molar-refractivity contribution is 7.80. The maximum absolute atomic E-state index is 13.4. The molecule has 19 heavy (non-hydrogen) atoms. The minimum atomic E-state index is -0.228. The van der Waals surface area contributed by atoms with Gasteiger partial charge in [-0.2, -0.15) is 0 Å². The molecule has 0 saturated carbocycles. The maximum atomic E-state index is 13.4. The molecule has 4 heteroatoms. The fourth-order valence-corrected chi connectivity index (χ4v) is 2.87. The van der Waals surface area contributed by atoms with Gasteiger partial charge in [-0.1, -0.05) is 26.1 Å². The lowest BCUT2D eigenvalue weighted by Crippen LogP contribution is -2.38. The first-order chi connectivity index (χ1) is 8.97. The first kappa shape index (κ1) is 14.4. The van der Waals surface area contributed by atoms with E-state index in [4.69, 9.17) is 18.0 Å². The summed E-state index contributed by atoms with van der Waals surface area (Å²) in [5.41, 5.74) is 7.40. The largest absolute Gasteiger partial charge is 0.389 e. The Hall–Kier alpha value is -1.00. The van der Waals surface area contributed by atoms with Gasteiger partial charge in [-0.25, -0.2) is 4.39 Å². The minimum Gasteiger partial charge on any atom is -0.389 e. The summed E-state index contributed by atoms with van der Waals surface area (Å²) in [6.07, 6.45) is 1.19. The molecule has 0 amide bonds. The second kappa shape index (κ2) is 5.97. The molecule has 2 N–H and O–H groups in total. The molecule has 104 valence electrons. The van der Waals surface area contributed by atoms with Gasteiger partial charge in [-0.05, 0) is 48.6 Å². The number of hydrogen-bond donors (Lipinski definition) is 1. The zero-order chi connectivity index (χ0) is 14.0. The Morgan fingerprint density at radius 3 is 2.79 bits per heavy atom. The number of nitrogens with zero attached hydrogens (tertiary/aromatic N) is 1. The van der Waals surface area contributed by atoms with Gasteiger partial charge >= 0.3 is 0 Å². The molecule has 0 bridgehead atoms. The number of halogens is 1. The fourth-order valence-electron chi connectivity index (χ4n) is 2.67. The molecule has 0 aliphatic carbocycles. The molecule has 1 aromatic carbocycles. The SMILES string of the molecule is CC1CCN(Cc2cc(F)ccc2C(N)=S)CC1C. The molecule has 1 aromatic rings. The Bertz CT molecular complexity index is 475. The van der Waals surface area contributed by atoms with Gasteiger partial charge < -0.3 is 5.73 Å². The first-order valence-corrected chi connectivity index (χ1v) is 7.18. The van der Waals surface area contributed by atoms with E-state index in [0.29, 0.717) is 10.9 Å². The van der Waals surface area contributed by atoms with Gasteiger partial charge in [0.05, 0.1) is 0 Å². The smallest absolute Gasteiger partial charge is 0.123 e. The average molecular weight is 280 g/mol. The predicted octanol–water partition coefficient (Wildman–Crippen LogP) is 2.94. The molecule has 0 spiro atoms. The number of piperidine rings is 1. The second-order valence-electron chi connectivity index (χ2n) is 5.64. The molecular weight excluding hydrogens is 259 g/mol. The normalized spacial score (nSPS) is 24.4. The third-order valence-corrected chi connectivity index (χ3v) is 4.36. The van der Waals surface area contributed by atoms with Crippen molar-refractivity contribution in [1.29, 1.82) is 0 Å². The highest BCUT2D eigenvalue weighted by atomic mass is 32.1. The summed E-state index contributed by atoms with van der Waals surface area (Å²) in [7, 11) is 0. The van der Waals surface area contributed by atoms with Crippen molar-refractivity contribution in [3.05, 3.63) is 35.1 Å². The average Bonchev–Trinajstić information content (AvgIpc) is 2.33. The maximum Gasteiger partial charge on any atom is 0.123 e. The van der Waals surface area contributed by atoms with Gasteiger partial charge in [-0.3, -0.25) is 4.90 Å². The van der Waals surface area contributed by atoms with Crippen LogP contribution in [0, 0.1) is 17.7 Å². The summed E-state index contributed by atoms with van der Waals surface area (Å²) in [5, 5.41) is 0. The van der Waals surface area contributed by atoms with Crippen molar-refractivity contribution in [3.63, 3.8) is 0 Å². The molecule has 1 heterocycles. The lowest BCUT2D eigenvalue weighted by molar-refractivity contribution is 0.132. The van der Waals surface area contributed by atoms with Crippen LogP contribution in [0.2, 0.25) is 0 Å². The summed E-state index contributed by atoms with van der Waals surface area (Å²) in [5.74, 6) is 1.21. The molecule has 2 nitrogen and oxygen atoms in total. The molecule has 1 saturated heterocycles. The van der Waals surface area contributed by atoms with Gasteiger partial charge in [0.25, 0.3) is 0 Å². The molecule has 1 fully saturated rings. The van der Waals surface area contributed by atoms with Crippen molar-refractivity contribution in [2.75, 3.05) is 13.1 Å².